The monoisotopic (exact) mass is 327 g/mol. The highest BCUT2D eigenvalue weighted by Crippen LogP contribution is 2.20. The van der Waals surface area contributed by atoms with Gasteiger partial charge in [0, 0.05) is 18.6 Å². The van der Waals surface area contributed by atoms with Crippen molar-refractivity contribution in [3.63, 3.8) is 0 Å². The summed E-state index contributed by atoms with van der Waals surface area (Å²) in [5.41, 5.74) is 2.72. The van der Waals surface area contributed by atoms with E-state index in [0.717, 1.165) is 12.6 Å². The van der Waals surface area contributed by atoms with Crippen molar-refractivity contribution in [3.05, 3.63) is 41.5 Å². The highest BCUT2D eigenvalue weighted by Gasteiger charge is 2.26. The first kappa shape index (κ1) is 17.7. The van der Waals surface area contributed by atoms with Crippen LogP contribution in [0.15, 0.2) is 35.9 Å². The van der Waals surface area contributed by atoms with E-state index < -0.39 is 0 Å². The summed E-state index contributed by atoms with van der Waals surface area (Å²) in [7, 11) is 2.25. The van der Waals surface area contributed by atoms with Gasteiger partial charge in [-0.3, -0.25) is 0 Å². The van der Waals surface area contributed by atoms with Crippen LogP contribution in [0.4, 0.5) is 0 Å². The molecule has 0 saturated carbocycles. The summed E-state index contributed by atoms with van der Waals surface area (Å²) >= 11 is 0. The van der Waals surface area contributed by atoms with E-state index in [1.807, 2.05) is 0 Å². The van der Waals surface area contributed by atoms with Gasteiger partial charge in [0.2, 0.25) is 0 Å². The average Bonchev–Trinajstić information content (AvgIpc) is 2.62. The van der Waals surface area contributed by atoms with E-state index in [-0.39, 0.29) is 0 Å². The summed E-state index contributed by atoms with van der Waals surface area (Å²) in [6, 6.07) is 12.1. The van der Waals surface area contributed by atoms with Crippen LogP contribution in [-0.2, 0) is 0 Å². The molecule has 0 aromatic heterocycles. The topological polar surface area (TPSA) is 18.5 Å². The van der Waals surface area contributed by atoms with Crippen LogP contribution in [-0.4, -0.2) is 61.7 Å². The van der Waals surface area contributed by atoms with E-state index in [0.29, 0.717) is 6.04 Å². The Balaban J connectivity index is 1.39. The summed E-state index contributed by atoms with van der Waals surface area (Å²) in [6.45, 7) is 8.32. The fraction of sp³-hybridized carbons (Fsp3) is 0.619. The Morgan fingerprint density at radius 2 is 1.71 bits per heavy atom. The Kier molecular flexibility index (Phi) is 6.47. The minimum atomic E-state index is 0.687. The quantitative estimate of drug-likeness (QED) is 0.896. The fourth-order valence-electron chi connectivity index (χ4n) is 4.02. The molecule has 132 valence electrons. The number of nitrogens with one attached hydrogen (secondary N) is 1. The molecule has 2 saturated heterocycles. The van der Waals surface area contributed by atoms with E-state index in [4.69, 9.17) is 0 Å². The molecule has 1 aromatic carbocycles. The van der Waals surface area contributed by atoms with E-state index in [1.54, 1.807) is 0 Å². The zero-order valence-corrected chi connectivity index (χ0v) is 15.4. The van der Waals surface area contributed by atoms with E-state index >= 15 is 0 Å². The van der Waals surface area contributed by atoms with Crippen molar-refractivity contribution in [2.45, 2.75) is 44.7 Å². The summed E-state index contributed by atoms with van der Waals surface area (Å²) in [6.07, 6.45) is 7.59. The van der Waals surface area contributed by atoms with E-state index in [1.165, 1.54) is 63.0 Å². The first-order valence-electron chi connectivity index (χ1n) is 9.59. The zero-order valence-electron chi connectivity index (χ0n) is 15.4. The van der Waals surface area contributed by atoms with Crippen molar-refractivity contribution in [2.75, 3.05) is 39.8 Å². The van der Waals surface area contributed by atoms with Gasteiger partial charge in [0.15, 0.2) is 0 Å². The third kappa shape index (κ3) is 5.17. The third-order valence-corrected chi connectivity index (χ3v) is 5.62. The molecule has 0 aliphatic carbocycles. The second-order valence-corrected chi connectivity index (χ2v) is 7.63. The molecular formula is C21H33N3. The zero-order chi connectivity index (χ0) is 16.8. The maximum atomic E-state index is 3.77. The van der Waals surface area contributed by atoms with Crippen molar-refractivity contribution in [1.29, 1.82) is 0 Å². The predicted molar refractivity (Wildman–Crippen MR) is 103 cm³/mol. The van der Waals surface area contributed by atoms with Crippen LogP contribution in [0.5, 0.6) is 0 Å². The van der Waals surface area contributed by atoms with Crippen LogP contribution >= 0.6 is 0 Å². The van der Waals surface area contributed by atoms with Gasteiger partial charge < -0.3 is 15.1 Å². The molecule has 2 fully saturated rings. The third-order valence-electron chi connectivity index (χ3n) is 5.62. The number of nitrogens with zero attached hydrogens (tertiary/aromatic N) is 2. The molecule has 0 atom stereocenters. The summed E-state index contributed by atoms with van der Waals surface area (Å²) in [4.78, 5) is 5.21. The molecule has 24 heavy (non-hydrogen) atoms. The lowest BCUT2D eigenvalue weighted by molar-refractivity contribution is 0.0928. The van der Waals surface area contributed by atoms with Gasteiger partial charge in [0.05, 0.1) is 0 Å². The number of rotatable bonds is 5. The van der Waals surface area contributed by atoms with Crippen LogP contribution in [0.2, 0.25) is 0 Å². The molecule has 0 bridgehead atoms. The first-order chi connectivity index (χ1) is 11.7. The van der Waals surface area contributed by atoms with Gasteiger partial charge in [-0.2, -0.15) is 0 Å². The van der Waals surface area contributed by atoms with Crippen molar-refractivity contribution in [1.82, 2.24) is 15.1 Å². The molecule has 0 amide bonds. The molecule has 1 aromatic rings. The molecule has 2 aliphatic heterocycles. The van der Waals surface area contributed by atoms with Crippen LogP contribution in [0.3, 0.4) is 0 Å². The molecule has 3 heteroatoms. The van der Waals surface area contributed by atoms with Gasteiger partial charge >= 0.3 is 0 Å². The van der Waals surface area contributed by atoms with Crippen molar-refractivity contribution >= 4 is 6.08 Å². The Bertz CT molecular complexity index is 509. The van der Waals surface area contributed by atoms with Crippen molar-refractivity contribution in [3.8, 4) is 0 Å². The highest BCUT2D eigenvalue weighted by atomic mass is 15.2. The van der Waals surface area contributed by atoms with Gasteiger partial charge in [-0.1, -0.05) is 42.0 Å². The molecule has 0 unspecified atom stereocenters. The number of benzene rings is 1. The van der Waals surface area contributed by atoms with Crippen LogP contribution in [0.25, 0.3) is 6.08 Å². The highest BCUT2D eigenvalue weighted by molar-refractivity contribution is 5.52. The SMILES string of the molecule is C/C(=C\c1ccccc1)CNC1CCN(C2CCN(C)CC2)CC1. The van der Waals surface area contributed by atoms with Gasteiger partial charge in [-0.05, 0) is 71.4 Å². The Morgan fingerprint density at radius 1 is 1.04 bits per heavy atom. The van der Waals surface area contributed by atoms with Crippen molar-refractivity contribution < 1.29 is 0 Å². The predicted octanol–water partition coefficient (Wildman–Crippen LogP) is 3.24. The van der Waals surface area contributed by atoms with E-state index in [9.17, 15) is 0 Å². The summed E-state index contributed by atoms with van der Waals surface area (Å²) < 4.78 is 0. The van der Waals surface area contributed by atoms with Gasteiger partial charge in [-0.15, -0.1) is 0 Å². The second kappa shape index (κ2) is 8.80. The lowest BCUT2D eigenvalue weighted by Crippen LogP contribution is -2.50. The minimum Gasteiger partial charge on any atom is -0.310 e. The molecule has 1 N–H and O–H groups in total. The molecular weight excluding hydrogens is 294 g/mol. The molecule has 2 heterocycles. The lowest BCUT2D eigenvalue weighted by Gasteiger charge is -2.41. The normalized spacial score (nSPS) is 22.8. The van der Waals surface area contributed by atoms with Crippen LogP contribution < -0.4 is 5.32 Å². The standard InChI is InChI=1S/C21H33N3/c1-18(16-19-6-4-3-5-7-19)17-22-20-8-14-24(15-9-20)21-10-12-23(2)13-11-21/h3-7,16,20-22H,8-15,17H2,1-2H3/b18-16+. The molecule has 3 rings (SSSR count). The van der Waals surface area contributed by atoms with Gasteiger partial charge in [-0.25, -0.2) is 0 Å². The van der Waals surface area contributed by atoms with E-state index in [2.05, 4.69) is 65.5 Å². The second-order valence-electron chi connectivity index (χ2n) is 7.63. The molecule has 3 nitrogen and oxygen atoms in total. The Labute approximate surface area is 147 Å². The molecule has 0 radical (unpaired) electrons. The molecule has 0 spiro atoms. The average molecular weight is 328 g/mol. The summed E-state index contributed by atoms with van der Waals surface area (Å²) in [5, 5.41) is 3.77. The molecule has 2 aliphatic rings. The largest absolute Gasteiger partial charge is 0.310 e. The Morgan fingerprint density at radius 3 is 2.38 bits per heavy atom. The summed E-state index contributed by atoms with van der Waals surface area (Å²) in [5.74, 6) is 0. The van der Waals surface area contributed by atoms with Crippen molar-refractivity contribution in [2.24, 2.45) is 0 Å². The Hall–Kier alpha value is -1.16. The maximum Gasteiger partial charge on any atom is 0.0167 e. The number of hydrogen-bond donors (Lipinski definition) is 1. The maximum absolute atomic E-state index is 3.77. The number of likely N-dealkylation sites (tertiary alicyclic amines) is 2. The number of piperidine rings is 2. The first-order valence-corrected chi connectivity index (χ1v) is 9.59. The minimum absolute atomic E-state index is 0.687. The fourth-order valence-corrected chi connectivity index (χ4v) is 4.02. The van der Waals surface area contributed by atoms with Gasteiger partial charge in [0.25, 0.3) is 0 Å². The number of hydrogen-bond acceptors (Lipinski definition) is 3. The van der Waals surface area contributed by atoms with Crippen LogP contribution in [0, 0.1) is 0 Å². The van der Waals surface area contributed by atoms with Gasteiger partial charge in [0.1, 0.15) is 0 Å². The smallest absolute Gasteiger partial charge is 0.0167 e. The van der Waals surface area contributed by atoms with Crippen LogP contribution in [0.1, 0.15) is 38.2 Å². The lowest BCUT2D eigenvalue weighted by atomic mass is 9.98.